The minimum atomic E-state index is 0.0704. The summed E-state index contributed by atoms with van der Waals surface area (Å²) in [6, 6.07) is 6.11. The molecule has 27 heavy (non-hydrogen) atoms. The molecule has 2 atom stereocenters. The molecular weight excluding hydrogens is 344 g/mol. The average molecular weight is 379 g/mol. The Bertz CT molecular complexity index is 609. The van der Waals surface area contributed by atoms with Gasteiger partial charge >= 0.3 is 0 Å². The van der Waals surface area contributed by atoms with E-state index in [1.165, 1.54) is 0 Å². The Hall–Kier alpha value is -1.99. The normalized spacial score (nSPS) is 19.4. The molecule has 0 saturated carbocycles. The quantitative estimate of drug-likeness (QED) is 0.533. The Kier molecular flexibility index (Phi) is 8.67. The molecule has 7 nitrogen and oxygen atoms in total. The van der Waals surface area contributed by atoms with Crippen LogP contribution in [0.25, 0.3) is 0 Å². The molecule has 1 aromatic carbocycles. The van der Waals surface area contributed by atoms with Gasteiger partial charge < -0.3 is 29.7 Å². The molecule has 0 aromatic heterocycles. The Morgan fingerprint density at radius 2 is 2.04 bits per heavy atom. The summed E-state index contributed by atoms with van der Waals surface area (Å²) in [6.07, 6.45) is 0.174. The van der Waals surface area contributed by atoms with Crippen molar-refractivity contribution < 1.29 is 14.2 Å². The second-order valence-corrected chi connectivity index (χ2v) is 6.65. The minimum absolute atomic E-state index is 0.0704. The minimum Gasteiger partial charge on any atom is -0.490 e. The van der Waals surface area contributed by atoms with Crippen molar-refractivity contribution in [1.82, 2.24) is 15.5 Å². The van der Waals surface area contributed by atoms with E-state index in [1.54, 1.807) is 7.05 Å². The Balaban J connectivity index is 1.95. The van der Waals surface area contributed by atoms with Gasteiger partial charge in [0.25, 0.3) is 0 Å². The van der Waals surface area contributed by atoms with E-state index in [0.717, 1.165) is 49.3 Å². The Labute approximate surface area is 163 Å². The van der Waals surface area contributed by atoms with Crippen molar-refractivity contribution in [3.05, 3.63) is 23.8 Å². The van der Waals surface area contributed by atoms with E-state index in [9.17, 15) is 0 Å². The molecule has 0 radical (unpaired) electrons. The van der Waals surface area contributed by atoms with E-state index in [-0.39, 0.29) is 12.1 Å². The van der Waals surface area contributed by atoms with Crippen molar-refractivity contribution >= 4 is 5.96 Å². The number of rotatable bonds is 8. The van der Waals surface area contributed by atoms with Crippen molar-refractivity contribution in [2.24, 2.45) is 4.99 Å². The first-order valence-electron chi connectivity index (χ1n) is 9.74. The van der Waals surface area contributed by atoms with Crippen LogP contribution in [0.1, 0.15) is 32.4 Å². The van der Waals surface area contributed by atoms with Crippen LogP contribution in [-0.4, -0.2) is 70.5 Å². The highest BCUT2D eigenvalue weighted by atomic mass is 16.5. The molecule has 7 heteroatoms. The fourth-order valence-corrected chi connectivity index (χ4v) is 3.02. The average Bonchev–Trinajstić information content (AvgIpc) is 2.66. The fourth-order valence-electron chi connectivity index (χ4n) is 3.02. The lowest BCUT2D eigenvalue weighted by molar-refractivity contribution is -0.0161. The van der Waals surface area contributed by atoms with Gasteiger partial charge in [-0.05, 0) is 45.5 Å². The molecule has 1 saturated heterocycles. The van der Waals surface area contributed by atoms with Gasteiger partial charge in [0, 0.05) is 26.7 Å². The van der Waals surface area contributed by atoms with E-state index in [2.05, 4.69) is 40.6 Å². The molecule has 2 N–H and O–H groups in total. The third-order valence-electron chi connectivity index (χ3n) is 4.48. The number of aliphatic imine (C=N–C) groups is 1. The molecular formula is C20H34N4O3. The van der Waals surface area contributed by atoms with Crippen LogP contribution in [0, 0.1) is 0 Å². The summed E-state index contributed by atoms with van der Waals surface area (Å²) in [4.78, 5) is 6.61. The van der Waals surface area contributed by atoms with Gasteiger partial charge in [0.15, 0.2) is 17.5 Å². The number of nitrogens with zero attached hydrogens (tertiary/aromatic N) is 2. The fraction of sp³-hybridized carbons (Fsp3) is 0.650. The zero-order valence-corrected chi connectivity index (χ0v) is 17.2. The number of hydrogen-bond acceptors (Lipinski definition) is 5. The number of morpholine rings is 1. The first kappa shape index (κ1) is 21.3. The summed E-state index contributed by atoms with van der Waals surface area (Å²) in [5.74, 6) is 2.30. The molecule has 1 heterocycles. The topological polar surface area (TPSA) is 67.4 Å². The third kappa shape index (κ3) is 6.59. The molecule has 0 spiro atoms. The lowest BCUT2D eigenvalue weighted by Gasteiger charge is -2.30. The molecule has 1 fully saturated rings. The van der Waals surface area contributed by atoms with Crippen molar-refractivity contribution in [3.63, 3.8) is 0 Å². The zero-order valence-electron chi connectivity index (χ0n) is 17.2. The number of nitrogens with one attached hydrogen (secondary N) is 2. The lowest BCUT2D eigenvalue weighted by Crippen LogP contribution is -2.48. The Morgan fingerprint density at radius 3 is 2.70 bits per heavy atom. The number of guanidine groups is 1. The summed E-state index contributed by atoms with van der Waals surface area (Å²) < 4.78 is 17.2. The second-order valence-electron chi connectivity index (χ2n) is 6.65. The number of benzene rings is 1. The van der Waals surface area contributed by atoms with Crippen molar-refractivity contribution in [2.45, 2.75) is 32.9 Å². The lowest BCUT2D eigenvalue weighted by atomic mass is 10.1. The summed E-state index contributed by atoms with van der Waals surface area (Å²) in [5, 5.41) is 6.79. The highest BCUT2D eigenvalue weighted by Gasteiger charge is 2.18. The Morgan fingerprint density at radius 1 is 1.30 bits per heavy atom. The molecule has 0 aliphatic carbocycles. The highest BCUT2D eigenvalue weighted by Crippen LogP contribution is 2.30. The maximum atomic E-state index is 5.79. The van der Waals surface area contributed by atoms with Gasteiger partial charge in [-0.25, -0.2) is 0 Å². The predicted octanol–water partition coefficient (Wildman–Crippen LogP) is 2.04. The van der Waals surface area contributed by atoms with Gasteiger partial charge in [0.2, 0.25) is 0 Å². The third-order valence-corrected chi connectivity index (χ3v) is 4.48. The molecule has 2 unspecified atom stereocenters. The molecule has 0 amide bonds. The maximum absolute atomic E-state index is 5.79. The van der Waals surface area contributed by atoms with Crippen LogP contribution in [0.5, 0.6) is 11.5 Å². The van der Waals surface area contributed by atoms with E-state index in [4.69, 9.17) is 14.2 Å². The number of ether oxygens (including phenoxy) is 3. The van der Waals surface area contributed by atoms with Gasteiger partial charge in [-0.2, -0.15) is 0 Å². The van der Waals surface area contributed by atoms with E-state index in [0.29, 0.717) is 13.2 Å². The summed E-state index contributed by atoms with van der Waals surface area (Å²) in [7, 11) is 3.90. The van der Waals surface area contributed by atoms with Crippen LogP contribution >= 0.6 is 0 Å². The van der Waals surface area contributed by atoms with E-state index >= 15 is 0 Å². The standard InChI is InChI=1S/C20H34N4O3/c1-6-25-18-9-8-16(12-19(18)26-7-2)15(3)23-20(21-4)22-13-17-14-24(5)10-11-27-17/h8-9,12,15,17H,6-7,10-11,13-14H2,1-5H3,(H2,21,22,23). The van der Waals surface area contributed by atoms with Crippen LogP contribution in [0.4, 0.5) is 0 Å². The van der Waals surface area contributed by atoms with Crippen molar-refractivity contribution in [3.8, 4) is 11.5 Å². The highest BCUT2D eigenvalue weighted by molar-refractivity contribution is 5.80. The van der Waals surface area contributed by atoms with E-state index < -0.39 is 0 Å². The maximum Gasteiger partial charge on any atom is 0.191 e. The van der Waals surface area contributed by atoms with Gasteiger partial charge in [0.05, 0.1) is 32.0 Å². The van der Waals surface area contributed by atoms with Gasteiger partial charge in [-0.3, -0.25) is 4.99 Å². The molecule has 0 bridgehead atoms. The smallest absolute Gasteiger partial charge is 0.191 e. The van der Waals surface area contributed by atoms with Gasteiger partial charge in [-0.15, -0.1) is 0 Å². The molecule has 1 aliphatic rings. The largest absolute Gasteiger partial charge is 0.490 e. The first-order valence-corrected chi connectivity index (χ1v) is 9.74. The van der Waals surface area contributed by atoms with Crippen molar-refractivity contribution in [1.29, 1.82) is 0 Å². The molecule has 2 rings (SSSR count). The second kappa shape index (κ2) is 11.0. The molecule has 1 aliphatic heterocycles. The summed E-state index contributed by atoms with van der Waals surface area (Å²) >= 11 is 0. The molecule has 1 aromatic rings. The van der Waals surface area contributed by atoms with Crippen LogP contribution in [0.3, 0.4) is 0 Å². The van der Waals surface area contributed by atoms with Crippen LogP contribution < -0.4 is 20.1 Å². The molecule has 152 valence electrons. The summed E-state index contributed by atoms with van der Waals surface area (Å²) in [5.41, 5.74) is 1.11. The SMILES string of the molecule is CCOc1ccc(C(C)NC(=NC)NCC2CN(C)CCO2)cc1OCC. The van der Waals surface area contributed by atoms with Gasteiger partial charge in [0.1, 0.15) is 0 Å². The summed E-state index contributed by atoms with van der Waals surface area (Å²) in [6.45, 7) is 10.7. The van der Waals surface area contributed by atoms with Crippen LogP contribution in [0.15, 0.2) is 23.2 Å². The zero-order chi connectivity index (χ0) is 19.6. The first-order chi connectivity index (χ1) is 13.1. The van der Waals surface area contributed by atoms with E-state index in [1.807, 2.05) is 26.0 Å². The van der Waals surface area contributed by atoms with Gasteiger partial charge in [-0.1, -0.05) is 6.07 Å². The van der Waals surface area contributed by atoms with Crippen molar-refractivity contribution in [2.75, 3.05) is 53.6 Å². The number of likely N-dealkylation sites (N-methyl/N-ethyl adjacent to an activating group) is 1. The van der Waals surface area contributed by atoms with Crippen LogP contribution in [0.2, 0.25) is 0 Å². The number of hydrogen-bond donors (Lipinski definition) is 2. The van der Waals surface area contributed by atoms with Crippen LogP contribution in [-0.2, 0) is 4.74 Å². The predicted molar refractivity (Wildman–Crippen MR) is 109 cm³/mol. The monoisotopic (exact) mass is 378 g/mol.